The molecule has 3 rings (SSSR count). The first kappa shape index (κ1) is 17.5. The van der Waals surface area contributed by atoms with E-state index < -0.39 is 0 Å². The van der Waals surface area contributed by atoms with Crippen LogP contribution in [0.15, 0.2) is 59.0 Å². The van der Waals surface area contributed by atoms with E-state index in [1.807, 2.05) is 67.8 Å². The summed E-state index contributed by atoms with van der Waals surface area (Å²) in [6.45, 7) is 4.58. The number of ether oxygens (including phenoxy) is 1. The molecule has 0 aliphatic carbocycles. The van der Waals surface area contributed by atoms with E-state index in [9.17, 15) is 0 Å². The fourth-order valence-electron chi connectivity index (χ4n) is 2.23. The topological polar surface area (TPSA) is 46.5 Å². The average Bonchev–Trinajstić information content (AvgIpc) is 3.10. The van der Waals surface area contributed by atoms with E-state index in [0.717, 1.165) is 33.4 Å². The maximum Gasteiger partial charge on any atom is 0.203 e. The van der Waals surface area contributed by atoms with E-state index in [0.29, 0.717) is 11.6 Å². The van der Waals surface area contributed by atoms with Gasteiger partial charge < -0.3 is 4.74 Å². The van der Waals surface area contributed by atoms with Crippen molar-refractivity contribution < 1.29 is 4.74 Å². The zero-order valence-electron chi connectivity index (χ0n) is 14.0. The third kappa shape index (κ3) is 4.59. The molecule has 1 heterocycles. The summed E-state index contributed by atoms with van der Waals surface area (Å²) < 4.78 is 5.45. The first-order valence-corrected chi connectivity index (χ1v) is 9.16. The van der Waals surface area contributed by atoms with Crippen LogP contribution >= 0.6 is 22.9 Å². The molecule has 0 unspecified atom stereocenters. The molecule has 25 heavy (non-hydrogen) atoms. The number of benzene rings is 2. The van der Waals surface area contributed by atoms with Gasteiger partial charge in [-0.15, -0.1) is 11.3 Å². The lowest BCUT2D eigenvalue weighted by Crippen LogP contribution is -2.00. The summed E-state index contributed by atoms with van der Waals surface area (Å²) in [6, 6.07) is 15.5. The highest BCUT2D eigenvalue weighted by molar-refractivity contribution is 7.14. The second kappa shape index (κ2) is 8.14. The number of thiazole rings is 1. The largest absolute Gasteiger partial charge is 0.494 e. The first-order chi connectivity index (χ1) is 12.2. The van der Waals surface area contributed by atoms with Crippen LogP contribution in [0.1, 0.15) is 19.4 Å². The van der Waals surface area contributed by atoms with Gasteiger partial charge in [0.1, 0.15) is 5.75 Å². The van der Waals surface area contributed by atoms with Crippen LogP contribution in [0.2, 0.25) is 5.02 Å². The van der Waals surface area contributed by atoms with Crippen LogP contribution < -0.4 is 10.2 Å². The Morgan fingerprint density at radius 1 is 1.16 bits per heavy atom. The predicted octanol–water partition coefficient (Wildman–Crippen LogP) is 5.70. The number of anilines is 1. The van der Waals surface area contributed by atoms with Crippen molar-refractivity contribution in [1.82, 2.24) is 4.98 Å². The van der Waals surface area contributed by atoms with Crippen molar-refractivity contribution in [2.75, 3.05) is 12.0 Å². The van der Waals surface area contributed by atoms with Gasteiger partial charge in [-0.1, -0.05) is 23.7 Å². The molecule has 0 aliphatic heterocycles. The summed E-state index contributed by atoms with van der Waals surface area (Å²) in [6.07, 6.45) is 0. The number of rotatable bonds is 6. The summed E-state index contributed by atoms with van der Waals surface area (Å²) in [5.41, 5.74) is 6.87. The van der Waals surface area contributed by atoms with Gasteiger partial charge in [-0.2, -0.15) is 5.10 Å². The van der Waals surface area contributed by atoms with Crippen LogP contribution in [0.4, 0.5) is 5.13 Å². The van der Waals surface area contributed by atoms with Gasteiger partial charge in [0.25, 0.3) is 0 Å². The molecule has 0 saturated carbocycles. The SMILES string of the molecule is CCOc1ccc(/C(C)=N\Nc2nc(-c3ccc(Cl)cc3)cs2)cc1. The molecule has 3 aromatic rings. The Labute approximate surface area is 156 Å². The van der Waals surface area contributed by atoms with Crippen molar-refractivity contribution in [2.45, 2.75) is 13.8 Å². The number of nitrogens with zero attached hydrogens (tertiary/aromatic N) is 2. The number of nitrogens with one attached hydrogen (secondary N) is 1. The van der Waals surface area contributed by atoms with Crippen LogP contribution in [0.3, 0.4) is 0 Å². The van der Waals surface area contributed by atoms with E-state index in [1.54, 1.807) is 0 Å². The normalized spacial score (nSPS) is 11.4. The average molecular weight is 372 g/mol. The molecule has 0 amide bonds. The predicted molar refractivity (Wildman–Crippen MR) is 106 cm³/mol. The third-order valence-corrected chi connectivity index (χ3v) is 4.55. The van der Waals surface area contributed by atoms with Gasteiger partial charge in [-0.3, -0.25) is 5.43 Å². The van der Waals surface area contributed by atoms with Crippen LogP contribution in [0.5, 0.6) is 5.75 Å². The molecule has 1 aromatic heterocycles. The number of hydrogen-bond acceptors (Lipinski definition) is 5. The molecule has 4 nitrogen and oxygen atoms in total. The van der Waals surface area contributed by atoms with Gasteiger partial charge in [-0.25, -0.2) is 4.98 Å². The summed E-state index contributed by atoms with van der Waals surface area (Å²) in [5.74, 6) is 0.861. The molecule has 0 aliphatic rings. The maximum atomic E-state index is 5.92. The van der Waals surface area contributed by atoms with Crippen LogP contribution in [0.25, 0.3) is 11.3 Å². The molecule has 0 saturated heterocycles. The van der Waals surface area contributed by atoms with Crippen molar-refractivity contribution in [3.05, 3.63) is 64.5 Å². The van der Waals surface area contributed by atoms with Crippen molar-refractivity contribution in [1.29, 1.82) is 0 Å². The Kier molecular flexibility index (Phi) is 5.68. The van der Waals surface area contributed by atoms with E-state index in [2.05, 4.69) is 15.5 Å². The van der Waals surface area contributed by atoms with E-state index in [1.165, 1.54) is 11.3 Å². The Morgan fingerprint density at radius 3 is 2.56 bits per heavy atom. The lowest BCUT2D eigenvalue weighted by molar-refractivity contribution is 0.340. The first-order valence-electron chi connectivity index (χ1n) is 7.90. The zero-order valence-corrected chi connectivity index (χ0v) is 15.6. The molecule has 0 bridgehead atoms. The lowest BCUT2D eigenvalue weighted by Gasteiger charge is -2.05. The summed E-state index contributed by atoms with van der Waals surface area (Å²) in [7, 11) is 0. The van der Waals surface area contributed by atoms with Crippen LogP contribution in [-0.4, -0.2) is 17.3 Å². The van der Waals surface area contributed by atoms with Gasteiger partial charge in [0.05, 0.1) is 18.0 Å². The summed E-state index contributed by atoms with van der Waals surface area (Å²) in [5, 5.41) is 7.87. The fourth-order valence-corrected chi connectivity index (χ4v) is 3.02. The maximum absolute atomic E-state index is 5.92. The van der Waals surface area contributed by atoms with E-state index in [4.69, 9.17) is 16.3 Å². The van der Waals surface area contributed by atoms with Gasteiger partial charge >= 0.3 is 0 Å². The minimum Gasteiger partial charge on any atom is -0.494 e. The van der Waals surface area contributed by atoms with Gasteiger partial charge in [-0.05, 0) is 55.8 Å². The third-order valence-electron chi connectivity index (χ3n) is 3.55. The Bertz CT molecular complexity index is 857. The highest BCUT2D eigenvalue weighted by atomic mass is 35.5. The van der Waals surface area contributed by atoms with Crippen molar-refractivity contribution >= 4 is 33.8 Å². The minimum atomic E-state index is 0.661. The van der Waals surface area contributed by atoms with Crippen molar-refractivity contribution in [3.63, 3.8) is 0 Å². The number of aromatic nitrogens is 1. The molecule has 6 heteroatoms. The zero-order chi connectivity index (χ0) is 17.6. The highest BCUT2D eigenvalue weighted by Gasteiger charge is 2.05. The summed E-state index contributed by atoms with van der Waals surface area (Å²) in [4.78, 5) is 4.55. The van der Waals surface area contributed by atoms with Crippen LogP contribution in [0, 0.1) is 0 Å². The molecule has 0 radical (unpaired) electrons. The molecule has 0 atom stereocenters. The quantitative estimate of drug-likeness (QED) is 0.446. The van der Waals surface area contributed by atoms with Gasteiger partial charge in [0, 0.05) is 16.0 Å². The molecule has 128 valence electrons. The van der Waals surface area contributed by atoms with E-state index in [-0.39, 0.29) is 0 Å². The monoisotopic (exact) mass is 371 g/mol. The van der Waals surface area contributed by atoms with Gasteiger partial charge in [0.2, 0.25) is 5.13 Å². The molecular weight excluding hydrogens is 354 g/mol. The number of hydrogen-bond donors (Lipinski definition) is 1. The molecule has 0 spiro atoms. The Morgan fingerprint density at radius 2 is 1.88 bits per heavy atom. The Hall–Kier alpha value is -2.37. The Balaban J connectivity index is 1.68. The minimum absolute atomic E-state index is 0.661. The number of hydrazone groups is 1. The smallest absolute Gasteiger partial charge is 0.203 e. The van der Waals surface area contributed by atoms with Crippen molar-refractivity contribution in [2.24, 2.45) is 5.10 Å². The molecular formula is C19H18ClN3OS. The fraction of sp³-hybridized carbons (Fsp3) is 0.158. The highest BCUT2D eigenvalue weighted by Crippen LogP contribution is 2.26. The summed E-state index contributed by atoms with van der Waals surface area (Å²) >= 11 is 7.43. The molecule has 0 fully saturated rings. The van der Waals surface area contributed by atoms with Crippen molar-refractivity contribution in [3.8, 4) is 17.0 Å². The lowest BCUT2D eigenvalue weighted by atomic mass is 10.1. The van der Waals surface area contributed by atoms with E-state index >= 15 is 0 Å². The second-order valence-electron chi connectivity index (χ2n) is 5.31. The molecule has 1 N–H and O–H groups in total. The standard InChI is InChI=1S/C19H18ClN3OS/c1-3-24-17-10-6-14(7-11-17)13(2)22-23-19-21-18(12-25-19)15-4-8-16(20)9-5-15/h4-12H,3H2,1-2H3,(H,21,23)/b22-13-. The molecule has 2 aromatic carbocycles. The van der Waals surface area contributed by atoms with Gasteiger partial charge in [0.15, 0.2) is 0 Å². The number of halogens is 1. The second-order valence-corrected chi connectivity index (χ2v) is 6.61. The van der Waals surface area contributed by atoms with Crippen LogP contribution in [-0.2, 0) is 0 Å².